The summed E-state index contributed by atoms with van der Waals surface area (Å²) in [6.07, 6.45) is 0. The molecule has 0 saturated heterocycles. The second-order valence-corrected chi connectivity index (χ2v) is 14.1. The van der Waals surface area contributed by atoms with Crippen LogP contribution in [0.25, 0.3) is 76.8 Å². The minimum absolute atomic E-state index is 1.09. The molecule has 1 nitrogen and oxygen atoms in total. The molecule has 0 atom stereocenters. The van der Waals surface area contributed by atoms with E-state index in [0.29, 0.717) is 0 Å². The highest BCUT2D eigenvalue weighted by Gasteiger charge is 2.19. The molecule has 0 fully saturated rings. The molecule has 0 heterocycles. The fourth-order valence-electron chi connectivity index (χ4n) is 8.19. The van der Waals surface area contributed by atoms with Crippen LogP contribution in [0.4, 0.5) is 17.1 Å². The van der Waals surface area contributed by atoms with Crippen LogP contribution in [-0.2, 0) is 0 Å². The summed E-state index contributed by atoms with van der Waals surface area (Å²) in [7, 11) is 0. The van der Waals surface area contributed by atoms with Crippen LogP contribution in [0.3, 0.4) is 0 Å². The molecule has 0 aliphatic carbocycles. The van der Waals surface area contributed by atoms with Gasteiger partial charge in [0.05, 0.1) is 0 Å². The van der Waals surface area contributed by atoms with E-state index >= 15 is 0 Å². The summed E-state index contributed by atoms with van der Waals surface area (Å²) < 4.78 is 0. The van der Waals surface area contributed by atoms with Crippen molar-refractivity contribution < 1.29 is 0 Å². The lowest BCUT2D eigenvalue weighted by Crippen LogP contribution is -2.10. The van der Waals surface area contributed by atoms with Crippen LogP contribution in [0, 0.1) is 0 Å². The first-order chi connectivity index (χ1) is 27.3. The van der Waals surface area contributed by atoms with Gasteiger partial charge in [-0.3, -0.25) is 0 Å². The van der Waals surface area contributed by atoms with E-state index in [9.17, 15) is 0 Å². The van der Waals surface area contributed by atoms with E-state index in [4.69, 9.17) is 0 Å². The van der Waals surface area contributed by atoms with Gasteiger partial charge in [-0.2, -0.15) is 0 Å². The molecule has 0 bridgehead atoms. The van der Waals surface area contributed by atoms with Crippen molar-refractivity contribution in [1.29, 1.82) is 0 Å². The molecule has 0 aliphatic heterocycles. The second-order valence-electron chi connectivity index (χ2n) is 14.1. The molecule has 0 unspecified atom stereocenters. The van der Waals surface area contributed by atoms with Gasteiger partial charge in [-0.1, -0.05) is 188 Å². The van der Waals surface area contributed by atoms with Gasteiger partial charge in [0.15, 0.2) is 0 Å². The fraction of sp³-hybridized carbons (Fsp3) is 0. The molecule has 1 heteroatoms. The molecule has 0 aromatic heterocycles. The first-order valence-electron chi connectivity index (χ1n) is 18.9. The SMILES string of the molecule is c1ccc(-c2ccc(N(c3ccc(-c4ccc5ccccc5c4-c4ccccc4)cc3)c3ccc4ccc5ccccc5c4c3)cc2-c2ccccc2)cc1. The smallest absolute Gasteiger partial charge is 0.0468 e. The van der Waals surface area contributed by atoms with Crippen molar-refractivity contribution in [3.63, 3.8) is 0 Å². The normalized spacial score (nSPS) is 11.3. The van der Waals surface area contributed by atoms with Gasteiger partial charge in [-0.05, 0) is 113 Å². The van der Waals surface area contributed by atoms with E-state index in [2.05, 4.69) is 229 Å². The Kier molecular flexibility index (Phi) is 8.24. The van der Waals surface area contributed by atoms with Gasteiger partial charge in [-0.25, -0.2) is 0 Å². The third-order valence-electron chi connectivity index (χ3n) is 10.8. The average Bonchev–Trinajstić information content (AvgIpc) is 3.27. The van der Waals surface area contributed by atoms with Gasteiger partial charge < -0.3 is 4.90 Å². The Labute approximate surface area is 322 Å². The van der Waals surface area contributed by atoms with Crippen molar-refractivity contribution >= 4 is 49.4 Å². The van der Waals surface area contributed by atoms with Crippen molar-refractivity contribution in [2.75, 3.05) is 4.90 Å². The molecule has 0 spiro atoms. The Morgan fingerprint density at radius 1 is 0.236 bits per heavy atom. The minimum atomic E-state index is 1.09. The summed E-state index contributed by atoms with van der Waals surface area (Å²) in [6, 6.07) is 81.5. The number of fused-ring (bicyclic) bond motifs is 4. The summed E-state index contributed by atoms with van der Waals surface area (Å²) in [4.78, 5) is 2.41. The summed E-state index contributed by atoms with van der Waals surface area (Å²) in [5, 5.41) is 7.46. The van der Waals surface area contributed by atoms with E-state index in [0.717, 1.165) is 17.1 Å². The molecule has 0 aliphatic rings. The van der Waals surface area contributed by atoms with Crippen molar-refractivity contribution in [1.82, 2.24) is 0 Å². The average molecular weight is 700 g/mol. The fourth-order valence-corrected chi connectivity index (χ4v) is 8.19. The van der Waals surface area contributed by atoms with Crippen LogP contribution in [-0.4, -0.2) is 0 Å². The Morgan fingerprint density at radius 2 is 0.673 bits per heavy atom. The van der Waals surface area contributed by atoms with Crippen molar-refractivity contribution in [2.45, 2.75) is 0 Å². The van der Waals surface area contributed by atoms with Gasteiger partial charge in [0, 0.05) is 17.1 Å². The van der Waals surface area contributed by atoms with Gasteiger partial charge in [-0.15, -0.1) is 0 Å². The zero-order valence-electron chi connectivity index (χ0n) is 30.3. The number of hydrogen-bond acceptors (Lipinski definition) is 1. The zero-order valence-corrected chi connectivity index (χ0v) is 30.3. The molecule has 0 N–H and O–H groups in total. The first kappa shape index (κ1) is 32.4. The lowest BCUT2D eigenvalue weighted by molar-refractivity contribution is 1.29. The number of hydrogen-bond donors (Lipinski definition) is 0. The van der Waals surface area contributed by atoms with Gasteiger partial charge >= 0.3 is 0 Å². The lowest BCUT2D eigenvalue weighted by Gasteiger charge is -2.27. The predicted octanol–water partition coefficient (Wildman–Crippen LogP) is 15.3. The van der Waals surface area contributed by atoms with Crippen LogP contribution >= 0.6 is 0 Å². The number of rotatable bonds is 7. The van der Waals surface area contributed by atoms with Crippen LogP contribution in [0.5, 0.6) is 0 Å². The number of nitrogens with zero attached hydrogens (tertiary/aromatic N) is 1. The summed E-state index contributed by atoms with van der Waals surface area (Å²) in [6.45, 7) is 0. The van der Waals surface area contributed by atoms with E-state index in [1.165, 1.54) is 76.8 Å². The molecule has 0 radical (unpaired) electrons. The molecule has 258 valence electrons. The van der Waals surface area contributed by atoms with E-state index in [1.807, 2.05) is 0 Å². The van der Waals surface area contributed by atoms with E-state index < -0.39 is 0 Å². The van der Waals surface area contributed by atoms with Gasteiger partial charge in [0.1, 0.15) is 0 Å². The summed E-state index contributed by atoms with van der Waals surface area (Å²) in [5.74, 6) is 0. The molecule has 10 aromatic carbocycles. The monoisotopic (exact) mass is 699 g/mol. The standard InChI is InChI=1S/C54H37N/c1-4-14-38(15-5-1)49-35-33-47(37-52(49)39-16-6-2-7-17-39)55(46-32-28-43-25-24-40-18-10-12-22-48(40)53(43)36-46)45-30-26-42(27-31-45)51-34-29-41-19-11-13-23-50(41)54(51)44-20-8-3-9-21-44/h1-37H. The third-order valence-corrected chi connectivity index (χ3v) is 10.8. The number of anilines is 3. The highest BCUT2D eigenvalue weighted by molar-refractivity contribution is 6.09. The first-order valence-corrected chi connectivity index (χ1v) is 18.9. The zero-order chi connectivity index (χ0) is 36.6. The molecular formula is C54H37N. The Balaban J connectivity index is 1.17. The number of benzene rings is 10. The van der Waals surface area contributed by atoms with Gasteiger partial charge in [0.2, 0.25) is 0 Å². The van der Waals surface area contributed by atoms with Crippen molar-refractivity contribution in [3.8, 4) is 44.5 Å². The quantitative estimate of drug-likeness (QED) is 0.150. The topological polar surface area (TPSA) is 3.24 Å². The largest absolute Gasteiger partial charge is 0.310 e. The van der Waals surface area contributed by atoms with Gasteiger partial charge in [0.25, 0.3) is 0 Å². The Morgan fingerprint density at radius 3 is 1.36 bits per heavy atom. The van der Waals surface area contributed by atoms with Crippen molar-refractivity contribution in [2.24, 2.45) is 0 Å². The Hall–Kier alpha value is -7.22. The third kappa shape index (κ3) is 6.02. The Bertz CT molecular complexity index is 2950. The molecular weight excluding hydrogens is 663 g/mol. The predicted molar refractivity (Wildman–Crippen MR) is 235 cm³/mol. The van der Waals surface area contributed by atoms with Crippen LogP contribution in [0.15, 0.2) is 224 Å². The van der Waals surface area contributed by atoms with Crippen LogP contribution in [0.1, 0.15) is 0 Å². The lowest BCUT2D eigenvalue weighted by atomic mass is 9.89. The van der Waals surface area contributed by atoms with Crippen LogP contribution in [0.2, 0.25) is 0 Å². The summed E-state index contributed by atoms with van der Waals surface area (Å²) >= 11 is 0. The molecule has 0 amide bonds. The molecule has 0 saturated carbocycles. The highest BCUT2D eigenvalue weighted by Crippen LogP contribution is 2.44. The molecule has 10 aromatic rings. The molecule has 10 rings (SSSR count). The maximum absolute atomic E-state index is 2.41. The van der Waals surface area contributed by atoms with Crippen LogP contribution < -0.4 is 4.90 Å². The minimum Gasteiger partial charge on any atom is -0.310 e. The van der Waals surface area contributed by atoms with E-state index in [1.54, 1.807) is 0 Å². The highest BCUT2D eigenvalue weighted by atomic mass is 15.1. The second kappa shape index (κ2) is 14.0. The summed E-state index contributed by atoms with van der Waals surface area (Å²) in [5.41, 5.74) is 13.0. The molecule has 55 heavy (non-hydrogen) atoms. The maximum atomic E-state index is 2.41. The van der Waals surface area contributed by atoms with Crippen molar-refractivity contribution in [3.05, 3.63) is 224 Å². The van der Waals surface area contributed by atoms with E-state index in [-0.39, 0.29) is 0 Å². The maximum Gasteiger partial charge on any atom is 0.0468 e.